The maximum absolute atomic E-state index is 3.67. The molecule has 0 saturated heterocycles. The van der Waals surface area contributed by atoms with Crippen LogP contribution in [0.3, 0.4) is 0 Å². The summed E-state index contributed by atoms with van der Waals surface area (Å²) in [6.45, 7) is 4.65. The van der Waals surface area contributed by atoms with E-state index in [1.807, 2.05) is 0 Å². The van der Waals surface area contributed by atoms with E-state index in [1.54, 1.807) is 18.7 Å². The van der Waals surface area contributed by atoms with E-state index in [9.17, 15) is 0 Å². The summed E-state index contributed by atoms with van der Waals surface area (Å²) in [7, 11) is 0. The van der Waals surface area contributed by atoms with Gasteiger partial charge in [0.15, 0.2) is 0 Å². The molecule has 12 heavy (non-hydrogen) atoms. The molecule has 0 aromatic carbocycles. The highest BCUT2D eigenvalue weighted by Crippen LogP contribution is 2.32. The first-order chi connectivity index (χ1) is 5.80. The zero-order valence-corrected chi connectivity index (χ0v) is 7.96. The Bertz CT molecular complexity index is 159. The molecule has 0 radical (unpaired) electrons. The first-order valence-corrected chi connectivity index (χ1v) is 4.73. The van der Waals surface area contributed by atoms with Crippen LogP contribution in [0.2, 0.25) is 0 Å². The third-order valence-electron chi connectivity index (χ3n) is 2.50. The van der Waals surface area contributed by atoms with Crippen molar-refractivity contribution in [2.45, 2.75) is 33.1 Å². The molecule has 0 aliphatic heterocycles. The number of nitrogens with zero attached hydrogens (tertiary/aromatic N) is 1. The van der Waals surface area contributed by atoms with Crippen molar-refractivity contribution < 1.29 is 0 Å². The summed E-state index contributed by atoms with van der Waals surface area (Å²) < 4.78 is 0. The van der Waals surface area contributed by atoms with Gasteiger partial charge < -0.3 is 4.98 Å². The zero-order chi connectivity index (χ0) is 8.81. The molecule has 2 heteroatoms. The van der Waals surface area contributed by atoms with Gasteiger partial charge in [0.1, 0.15) is 0 Å². The van der Waals surface area contributed by atoms with Crippen LogP contribution in [0, 0.1) is 11.8 Å². The molecule has 2 rings (SSSR count). The summed E-state index contributed by atoms with van der Waals surface area (Å²) in [5.41, 5.74) is 0. The Balaban J connectivity index is 0.000000127. The second-order valence-corrected chi connectivity index (χ2v) is 3.70. The minimum atomic E-state index is 0.953. The van der Waals surface area contributed by atoms with Crippen LogP contribution in [0.4, 0.5) is 0 Å². The molecule has 1 aliphatic carbocycles. The number of imidazole rings is 1. The molecule has 0 unspecified atom stereocenters. The number of H-pyrrole nitrogens is 1. The standard InChI is InChI=1S/C7H14.C3H4N2/c1-6(2)7-4-3-5-7;1-2-5-3-4-1/h6-7H,3-5H2,1-2H3;1-3H,(H,4,5). The van der Waals surface area contributed by atoms with Gasteiger partial charge in [-0.05, 0) is 11.8 Å². The van der Waals surface area contributed by atoms with Crippen molar-refractivity contribution in [1.82, 2.24) is 9.97 Å². The minimum Gasteiger partial charge on any atom is -0.351 e. The molecule has 1 aromatic rings. The Kier molecular flexibility index (Phi) is 3.85. The van der Waals surface area contributed by atoms with Crippen LogP contribution in [-0.2, 0) is 0 Å². The van der Waals surface area contributed by atoms with Crippen LogP contribution in [-0.4, -0.2) is 9.97 Å². The number of nitrogens with one attached hydrogen (secondary N) is 1. The lowest BCUT2D eigenvalue weighted by molar-refractivity contribution is 0.235. The number of aromatic nitrogens is 2. The largest absolute Gasteiger partial charge is 0.351 e. The molecular formula is C10H18N2. The Morgan fingerprint density at radius 3 is 2.25 bits per heavy atom. The molecular weight excluding hydrogens is 148 g/mol. The second kappa shape index (κ2) is 4.96. The maximum Gasteiger partial charge on any atom is 0.0919 e. The average Bonchev–Trinajstić information content (AvgIpc) is 2.34. The van der Waals surface area contributed by atoms with E-state index in [4.69, 9.17) is 0 Å². The van der Waals surface area contributed by atoms with Gasteiger partial charge >= 0.3 is 0 Å². The van der Waals surface area contributed by atoms with E-state index in [1.165, 1.54) is 19.3 Å². The summed E-state index contributed by atoms with van der Waals surface area (Å²) in [5.74, 6) is 2.04. The Morgan fingerprint density at radius 1 is 1.42 bits per heavy atom. The quantitative estimate of drug-likeness (QED) is 0.682. The van der Waals surface area contributed by atoms with E-state index in [-0.39, 0.29) is 0 Å². The predicted octanol–water partition coefficient (Wildman–Crippen LogP) is 2.85. The van der Waals surface area contributed by atoms with Crippen LogP contribution < -0.4 is 0 Å². The Morgan fingerprint density at radius 2 is 2.17 bits per heavy atom. The van der Waals surface area contributed by atoms with Gasteiger partial charge in [-0.25, -0.2) is 4.98 Å². The van der Waals surface area contributed by atoms with Crippen molar-refractivity contribution in [2.24, 2.45) is 11.8 Å². The summed E-state index contributed by atoms with van der Waals surface area (Å²) in [5, 5.41) is 0. The van der Waals surface area contributed by atoms with Crippen LogP contribution in [0.5, 0.6) is 0 Å². The molecule has 1 saturated carbocycles. The van der Waals surface area contributed by atoms with Crippen molar-refractivity contribution in [3.63, 3.8) is 0 Å². The fraction of sp³-hybridized carbons (Fsp3) is 0.700. The lowest BCUT2D eigenvalue weighted by Gasteiger charge is -2.28. The van der Waals surface area contributed by atoms with Crippen molar-refractivity contribution in [2.75, 3.05) is 0 Å². The highest BCUT2D eigenvalue weighted by Gasteiger charge is 2.19. The minimum absolute atomic E-state index is 0.953. The SMILES string of the molecule is CC(C)C1CCC1.c1c[nH]cn1. The molecule has 0 spiro atoms. The molecule has 0 amide bonds. The van der Waals surface area contributed by atoms with E-state index in [2.05, 4.69) is 23.8 Å². The lowest BCUT2D eigenvalue weighted by atomic mass is 9.78. The average molecular weight is 166 g/mol. The Hall–Kier alpha value is -0.790. The highest BCUT2D eigenvalue weighted by molar-refractivity contribution is 4.71. The van der Waals surface area contributed by atoms with Gasteiger partial charge in [-0.2, -0.15) is 0 Å². The van der Waals surface area contributed by atoms with Gasteiger partial charge in [-0.1, -0.05) is 33.1 Å². The van der Waals surface area contributed by atoms with E-state index in [0.29, 0.717) is 0 Å². The molecule has 68 valence electrons. The lowest BCUT2D eigenvalue weighted by Crippen LogP contribution is -2.16. The van der Waals surface area contributed by atoms with Crippen LogP contribution >= 0.6 is 0 Å². The topological polar surface area (TPSA) is 28.7 Å². The fourth-order valence-electron chi connectivity index (χ4n) is 1.32. The molecule has 0 bridgehead atoms. The molecule has 1 heterocycles. The molecule has 1 aromatic heterocycles. The van der Waals surface area contributed by atoms with Gasteiger partial charge in [-0.15, -0.1) is 0 Å². The van der Waals surface area contributed by atoms with Gasteiger partial charge in [0, 0.05) is 12.4 Å². The number of rotatable bonds is 1. The van der Waals surface area contributed by atoms with Crippen LogP contribution in [0.25, 0.3) is 0 Å². The highest BCUT2D eigenvalue weighted by atomic mass is 14.8. The van der Waals surface area contributed by atoms with Gasteiger partial charge in [0.05, 0.1) is 6.33 Å². The monoisotopic (exact) mass is 166 g/mol. The van der Waals surface area contributed by atoms with Gasteiger partial charge in [-0.3, -0.25) is 0 Å². The third-order valence-corrected chi connectivity index (χ3v) is 2.50. The summed E-state index contributed by atoms with van der Waals surface area (Å²) >= 11 is 0. The number of hydrogen-bond donors (Lipinski definition) is 1. The smallest absolute Gasteiger partial charge is 0.0919 e. The maximum atomic E-state index is 3.67. The Labute approximate surface area is 74.4 Å². The van der Waals surface area contributed by atoms with Crippen molar-refractivity contribution in [3.05, 3.63) is 18.7 Å². The van der Waals surface area contributed by atoms with Crippen molar-refractivity contribution >= 4 is 0 Å². The third kappa shape index (κ3) is 3.07. The first-order valence-electron chi connectivity index (χ1n) is 4.73. The zero-order valence-electron chi connectivity index (χ0n) is 7.96. The second-order valence-electron chi connectivity index (χ2n) is 3.70. The first kappa shape index (κ1) is 9.30. The fourth-order valence-corrected chi connectivity index (χ4v) is 1.32. The van der Waals surface area contributed by atoms with E-state index < -0.39 is 0 Å². The molecule has 2 nitrogen and oxygen atoms in total. The van der Waals surface area contributed by atoms with Crippen molar-refractivity contribution in [1.29, 1.82) is 0 Å². The number of hydrogen-bond acceptors (Lipinski definition) is 1. The van der Waals surface area contributed by atoms with E-state index in [0.717, 1.165) is 11.8 Å². The summed E-state index contributed by atoms with van der Waals surface area (Å²) in [6.07, 6.45) is 9.57. The normalized spacial score (nSPS) is 16.6. The molecule has 1 N–H and O–H groups in total. The summed E-state index contributed by atoms with van der Waals surface area (Å²) in [4.78, 5) is 6.42. The van der Waals surface area contributed by atoms with Crippen LogP contribution in [0.15, 0.2) is 18.7 Å². The van der Waals surface area contributed by atoms with Gasteiger partial charge in [0.25, 0.3) is 0 Å². The number of aromatic amines is 1. The van der Waals surface area contributed by atoms with Gasteiger partial charge in [0.2, 0.25) is 0 Å². The predicted molar refractivity (Wildman–Crippen MR) is 50.8 cm³/mol. The molecule has 0 atom stereocenters. The van der Waals surface area contributed by atoms with E-state index >= 15 is 0 Å². The molecule has 1 fully saturated rings. The summed E-state index contributed by atoms with van der Waals surface area (Å²) in [6, 6.07) is 0. The van der Waals surface area contributed by atoms with Crippen molar-refractivity contribution in [3.8, 4) is 0 Å². The molecule has 1 aliphatic rings. The van der Waals surface area contributed by atoms with Crippen LogP contribution in [0.1, 0.15) is 33.1 Å².